The van der Waals surface area contributed by atoms with Crippen molar-refractivity contribution in [2.75, 3.05) is 40.9 Å². The Bertz CT molecular complexity index is 1010. The number of amides is 1. The number of phosphoric ester groups is 1. The lowest BCUT2D eigenvalue weighted by Crippen LogP contribution is -2.45. The Morgan fingerprint density at radius 1 is 0.607 bits per heavy atom. The molecule has 8 nitrogen and oxygen atoms in total. The molecule has 3 unspecified atom stereocenters. The van der Waals surface area contributed by atoms with E-state index in [1.807, 2.05) is 27.2 Å². The topological polar surface area (TPSA) is 108 Å². The maximum absolute atomic E-state index is 12.9. The fourth-order valence-electron chi connectivity index (χ4n) is 6.60. The van der Waals surface area contributed by atoms with Crippen LogP contribution in [0.15, 0.2) is 36.5 Å². The first-order chi connectivity index (χ1) is 27.0. The summed E-state index contributed by atoms with van der Waals surface area (Å²) in [4.78, 5) is 25.3. The van der Waals surface area contributed by atoms with Gasteiger partial charge in [0.05, 0.1) is 39.9 Å². The fraction of sp³-hybridized carbons (Fsp3) is 0.851. The number of phosphoric acid groups is 1. The predicted octanol–water partition coefficient (Wildman–Crippen LogP) is 12.5. The number of aliphatic hydroxyl groups excluding tert-OH is 1. The molecule has 0 spiro atoms. The maximum atomic E-state index is 12.9. The van der Waals surface area contributed by atoms with E-state index in [9.17, 15) is 19.4 Å². The van der Waals surface area contributed by atoms with Crippen molar-refractivity contribution < 1.29 is 32.9 Å². The van der Waals surface area contributed by atoms with Gasteiger partial charge in [0.15, 0.2) is 0 Å². The molecule has 0 aliphatic rings. The number of carbonyl (C=O) groups is 1. The highest BCUT2D eigenvalue weighted by molar-refractivity contribution is 7.45. The van der Waals surface area contributed by atoms with E-state index in [4.69, 9.17) is 9.05 Å². The minimum atomic E-state index is -4.60. The Labute approximate surface area is 347 Å². The van der Waals surface area contributed by atoms with E-state index in [0.717, 1.165) is 44.9 Å². The number of unbranched alkanes of at least 4 members (excludes halogenated alkanes) is 25. The van der Waals surface area contributed by atoms with Crippen molar-refractivity contribution in [2.45, 2.75) is 219 Å². The van der Waals surface area contributed by atoms with Crippen LogP contribution in [0.2, 0.25) is 0 Å². The molecule has 0 fully saturated rings. The molecule has 0 aromatic carbocycles. The molecule has 0 saturated carbocycles. The summed E-state index contributed by atoms with van der Waals surface area (Å²) < 4.78 is 23.2. The lowest BCUT2D eigenvalue weighted by molar-refractivity contribution is -0.870. The molecule has 2 N–H and O–H groups in total. The fourth-order valence-corrected chi connectivity index (χ4v) is 7.32. The standard InChI is InChI=1S/C47H91N2O6P/c1-6-8-10-12-14-16-18-20-22-24-25-27-29-31-33-35-37-39-41-47(51)48-45(44-55-56(52,53)54-43-42-49(3,4)5)46(50)40-38-36-34-32-30-28-26-23-21-19-17-15-13-11-9-7-2/h21,23,30,32,38,40,45-46,50H,6-20,22,24-29,31,33-37,39,41-44H2,1-5H3,(H-,48,51,52,53)/b23-21+,32-30+,40-38+. The van der Waals surface area contributed by atoms with Crippen LogP contribution in [0, 0.1) is 0 Å². The van der Waals surface area contributed by atoms with Crippen molar-refractivity contribution in [3.05, 3.63) is 36.5 Å². The van der Waals surface area contributed by atoms with Crippen molar-refractivity contribution in [2.24, 2.45) is 0 Å². The molecule has 56 heavy (non-hydrogen) atoms. The first-order valence-electron chi connectivity index (χ1n) is 23.4. The zero-order chi connectivity index (χ0) is 41.4. The summed E-state index contributed by atoms with van der Waals surface area (Å²) in [6.45, 7) is 4.61. The van der Waals surface area contributed by atoms with Gasteiger partial charge in [0.25, 0.3) is 7.82 Å². The van der Waals surface area contributed by atoms with Crippen LogP contribution in [0.1, 0.15) is 206 Å². The average Bonchev–Trinajstić information content (AvgIpc) is 3.15. The number of hydrogen-bond donors (Lipinski definition) is 2. The van der Waals surface area contributed by atoms with Crippen LogP contribution in [-0.4, -0.2) is 68.5 Å². The maximum Gasteiger partial charge on any atom is 0.268 e. The van der Waals surface area contributed by atoms with E-state index in [0.29, 0.717) is 17.4 Å². The number of hydrogen-bond acceptors (Lipinski definition) is 6. The molecule has 0 bridgehead atoms. The number of aliphatic hydroxyl groups is 1. The van der Waals surface area contributed by atoms with Gasteiger partial charge in [-0.3, -0.25) is 9.36 Å². The van der Waals surface area contributed by atoms with Crippen LogP contribution in [0.4, 0.5) is 0 Å². The van der Waals surface area contributed by atoms with Gasteiger partial charge in [0, 0.05) is 6.42 Å². The van der Waals surface area contributed by atoms with Gasteiger partial charge in [-0.05, 0) is 44.9 Å². The number of allylic oxidation sites excluding steroid dienone is 5. The Morgan fingerprint density at radius 2 is 1.00 bits per heavy atom. The first-order valence-corrected chi connectivity index (χ1v) is 24.8. The van der Waals surface area contributed by atoms with Crippen LogP contribution < -0.4 is 10.2 Å². The molecule has 0 aromatic heterocycles. The summed E-state index contributed by atoms with van der Waals surface area (Å²) in [5.41, 5.74) is 0. The third kappa shape index (κ3) is 40.9. The van der Waals surface area contributed by atoms with Crippen LogP contribution in [-0.2, 0) is 18.4 Å². The molecule has 0 radical (unpaired) electrons. The quantitative estimate of drug-likeness (QED) is 0.0275. The van der Waals surface area contributed by atoms with Gasteiger partial charge < -0.3 is 28.8 Å². The molecular formula is C47H91N2O6P. The van der Waals surface area contributed by atoms with Crippen molar-refractivity contribution in [3.8, 4) is 0 Å². The third-order valence-electron chi connectivity index (χ3n) is 10.3. The van der Waals surface area contributed by atoms with E-state index >= 15 is 0 Å². The van der Waals surface area contributed by atoms with Gasteiger partial charge in [-0.15, -0.1) is 0 Å². The summed E-state index contributed by atoms with van der Waals surface area (Å²) in [5, 5.41) is 13.8. The number of nitrogens with one attached hydrogen (secondary N) is 1. The number of likely N-dealkylation sites (N-methyl/N-ethyl adjacent to an activating group) is 1. The number of nitrogens with zero attached hydrogens (tertiary/aromatic N) is 1. The second kappa shape index (κ2) is 39.2. The molecule has 0 saturated heterocycles. The molecule has 9 heteroatoms. The van der Waals surface area contributed by atoms with Crippen molar-refractivity contribution in [1.82, 2.24) is 5.32 Å². The summed E-state index contributed by atoms with van der Waals surface area (Å²) in [5.74, 6) is -0.210. The van der Waals surface area contributed by atoms with Crippen molar-refractivity contribution in [3.63, 3.8) is 0 Å². The Balaban J connectivity index is 4.43. The second-order valence-corrected chi connectivity index (χ2v) is 18.5. The summed E-state index contributed by atoms with van der Waals surface area (Å²) in [6, 6.07) is -0.905. The highest BCUT2D eigenvalue weighted by Gasteiger charge is 2.23. The van der Waals surface area contributed by atoms with E-state index in [2.05, 4.69) is 43.5 Å². The van der Waals surface area contributed by atoms with Gasteiger partial charge in [-0.1, -0.05) is 192 Å². The number of carbonyl (C=O) groups excluding carboxylic acids is 1. The largest absolute Gasteiger partial charge is 0.756 e. The first kappa shape index (κ1) is 54.7. The predicted molar refractivity (Wildman–Crippen MR) is 238 cm³/mol. The van der Waals surface area contributed by atoms with E-state index in [1.165, 1.54) is 141 Å². The lowest BCUT2D eigenvalue weighted by atomic mass is 10.0. The molecule has 1 amide bonds. The van der Waals surface area contributed by atoms with Crippen LogP contribution in [0.5, 0.6) is 0 Å². The molecular weight excluding hydrogens is 719 g/mol. The normalized spacial score (nSPS) is 14.6. The third-order valence-corrected chi connectivity index (χ3v) is 11.3. The van der Waals surface area contributed by atoms with Gasteiger partial charge in [-0.25, -0.2) is 0 Å². The Kier molecular flexibility index (Phi) is 38.3. The zero-order valence-corrected chi connectivity index (χ0v) is 38.2. The minimum absolute atomic E-state index is 0.00782. The van der Waals surface area contributed by atoms with Crippen molar-refractivity contribution in [1.29, 1.82) is 0 Å². The Hall–Kier alpha value is -1.28. The zero-order valence-electron chi connectivity index (χ0n) is 37.3. The van der Waals surface area contributed by atoms with E-state index < -0.39 is 26.6 Å². The molecule has 0 heterocycles. The van der Waals surface area contributed by atoms with Gasteiger partial charge in [0.1, 0.15) is 13.2 Å². The van der Waals surface area contributed by atoms with Crippen LogP contribution >= 0.6 is 7.82 Å². The molecule has 330 valence electrons. The molecule has 0 aliphatic heterocycles. The minimum Gasteiger partial charge on any atom is -0.756 e. The number of rotatable bonds is 42. The number of quaternary nitrogens is 1. The van der Waals surface area contributed by atoms with Gasteiger partial charge in [0.2, 0.25) is 5.91 Å². The second-order valence-electron chi connectivity index (χ2n) is 17.1. The van der Waals surface area contributed by atoms with Gasteiger partial charge >= 0.3 is 0 Å². The summed E-state index contributed by atoms with van der Waals surface area (Å²) in [6.07, 6.45) is 47.6. The molecule has 0 aromatic rings. The monoisotopic (exact) mass is 811 g/mol. The van der Waals surface area contributed by atoms with Crippen LogP contribution in [0.3, 0.4) is 0 Å². The smallest absolute Gasteiger partial charge is 0.268 e. The van der Waals surface area contributed by atoms with Crippen molar-refractivity contribution >= 4 is 13.7 Å². The average molecular weight is 811 g/mol. The lowest BCUT2D eigenvalue weighted by Gasteiger charge is -2.29. The van der Waals surface area contributed by atoms with E-state index in [-0.39, 0.29) is 12.5 Å². The Morgan fingerprint density at radius 3 is 1.45 bits per heavy atom. The molecule has 3 atom stereocenters. The van der Waals surface area contributed by atoms with E-state index in [1.54, 1.807) is 6.08 Å². The highest BCUT2D eigenvalue weighted by atomic mass is 31.2. The summed E-state index contributed by atoms with van der Waals surface area (Å²) >= 11 is 0. The SMILES string of the molecule is CCCCCCCC/C=C/CC/C=C/CC/C=C/C(O)C(COP(=O)([O-])OCC[N+](C)(C)C)NC(=O)CCCCCCCCCCCCCCCCCCCC. The van der Waals surface area contributed by atoms with Gasteiger partial charge in [-0.2, -0.15) is 0 Å². The highest BCUT2D eigenvalue weighted by Crippen LogP contribution is 2.38. The summed E-state index contributed by atoms with van der Waals surface area (Å²) in [7, 11) is 1.24. The molecule has 0 aliphatic carbocycles. The molecule has 0 rings (SSSR count). The van der Waals surface area contributed by atoms with Crippen LogP contribution in [0.25, 0.3) is 0 Å².